The third kappa shape index (κ3) is 8.68. The molecule has 5 heteroatoms. The lowest BCUT2D eigenvalue weighted by Crippen LogP contribution is -2.63. The third-order valence-corrected chi connectivity index (χ3v) is 4.57. The Bertz CT molecular complexity index is 359. The van der Waals surface area contributed by atoms with Crippen LogP contribution in [-0.4, -0.2) is 54.6 Å². The predicted octanol–water partition coefficient (Wildman–Crippen LogP) is 1.82. The van der Waals surface area contributed by atoms with Gasteiger partial charge in [-0.1, -0.05) is 51.9 Å². The van der Waals surface area contributed by atoms with Crippen molar-refractivity contribution in [1.29, 1.82) is 0 Å². The first-order valence-corrected chi connectivity index (χ1v) is 9.18. The average molecular weight is 329 g/mol. The van der Waals surface area contributed by atoms with Gasteiger partial charge < -0.3 is 24.2 Å². The molecule has 1 aliphatic rings. The van der Waals surface area contributed by atoms with Crippen LogP contribution in [0.15, 0.2) is 0 Å². The zero-order chi connectivity index (χ0) is 17.3. The van der Waals surface area contributed by atoms with Crippen LogP contribution >= 0.6 is 0 Å². The van der Waals surface area contributed by atoms with Gasteiger partial charge in [0.1, 0.15) is 19.2 Å². The second kappa shape index (κ2) is 9.60. The van der Waals surface area contributed by atoms with E-state index in [0.29, 0.717) is 24.0 Å². The van der Waals surface area contributed by atoms with E-state index in [-0.39, 0.29) is 6.42 Å². The molecule has 0 amide bonds. The summed E-state index contributed by atoms with van der Waals surface area (Å²) >= 11 is 0. The molecule has 0 bridgehead atoms. The molecular formula is C18H35NO4. The number of hydrogen-bond acceptors (Lipinski definition) is 4. The summed E-state index contributed by atoms with van der Waals surface area (Å²) in [4.78, 5) is 10.8. The summed E-state index contributed by atoms with van der Waals surface area (Å²) < 4.78 is 6.27. The molecule has 136 valence electrons. The van der Waals surface area contributed by atoms with Gasteiger partial charge in [0.05, 0.1) is 14.1 Å². The number of unbranched alkanes of at least 4 members (excludes halogenated alkanes) is 7. The second-order valence-corrected chi connectivity index (χ2v) is 7.76. The van der Waals surface area contributed by atoms with E-state index in [1.807, 2.05) is 14.1 Å². The van der Waals surface area contributed by atoms with Gasteiger partial charge >= 0.3 is 0 Å². The highest BCUT2D eigenvalue weighted by atomic mass is 16.6. The fourth-order valence-electron chi connectivity index (χ4n) is 3.63. The Morgan fingerprint density at radius 3 is 2.30 bits per heavy atom. The zero-order valence-electron chi connectivity index (χ0n) is 15.2. The van der Waals surface area contributed by atoms with Gasteiger partial charge in [0.25, 0.3) is 0 Å². The quantitative estimate of drug-likeness (QED) is 0.464. The van der Waals surface area contributed by atoms with Gasteiger partial charge in [-0.15, -0.1) is 0 Å². The van der Waals surface area contributed by atoms with Gasteiger partial charge in [-0.05, 0) is 6.42 Å². The van der Waals surface area contributed by atoms with E-state index in [4.69, 9.17) is 4.74 Å². The van der Waals surface area contributed by atoms with Crippen molar-refractivity contribution in [1.82, 2.24) is 0 Å². The largest absolute Gasteiger partial charge is 0.550 e. The molecule has 0 aliphatic carbocycles. The lowest BCUT2D eigenvalue weighted by molar-refractivity contribution is -0.915. The number of nitrogens with zero attached hydrogens (tertiary/aromatic N) is 1. The highest BCUT2D eigenvalue weighted by Gasteiger charge is 2.44. The van der Waals surface area contributed by atoms with Crippen molar-refractivity contribution in [2.24, 2.45) is 0 Å². The monoisotopic (exact) mass is 329 g/mol. The van der Waals surface area contributed by atoms with Gasteiger partial charge in [0, 0.05) is 18.8 Å². The maximum absolute atomic E-state index is 10.8. The van der Waals surface area contributed by atoms with E-state index < -0.39 is 17.9 Å². The summed E-state index contributed by atoms with van der Waals surface area (Å²) in [6.07, 6.45) is 9.63. The van der Waals surface area contributed by atoms with Crippen LogP contribution in [0.25, 0.3) is 0 Å². The van der Waals surface area contributed by atoms with E-state index in [1.165, 1.54) is 38.5 Å². The van der Waals surface area contributed by atoms with Crippen LogP contribution < -0.4 is 5.11 Å². The van der Waals surface area contributed by atoms with Crippen molar-refractivity contribution in [3.05, 3.63) is 0 Å². The maximum Gasteiger partial charge on any atom is 0.216 e. The Morgan fingerprint density at radius 1 is 1.17 bits per heavy atom. The van der Waals surface area contributed by atoms with Crippen molar-refractivity contribution in [3.63, 3.8) is 0 Å². The fourth-order valence-corrected chi connectivity index (χ4v) is 3.63. The summed E-state index contributed by atoms with van der Waals surface area (Å²) in [7, 11) is 4.01. The van der Waals surface area contributed by atoms with Crippen molar-refractivity contribution in [2.75, 3.05) is 27.2 Å². The average Bonchev–Trinajstić information content (AvgIpc) is 2.38. The van der Waals surface area contributed by atoms with Crippen LogP contribution in [0.5, 0.6) is 0 Å². The Hall–Kier alpha value is -0.650. The molecule has 0 aromatic carbocycles. The fraction of sp³-hybridized carbons (Fsp3) is 0.944. The summed E-state index contributed by atoms with van der Waals surface area (Å²) in [5, 5.41) is 21.5. The molecule has 5 nitrogen and oxygen atoms in total. The van der Waals surface area contributed by atoms with Crippen LogP contribution in [0.2, 0.25) is 0 Å². The number of rotatable bonds is 11. The number of likely N-dealkylation sites (N-methyl/N-ethyl adjacent to an activating group) is 1. The molecule has 0 aromatic heterocycles. The van der Waals surface area contributed by atoms with Crippen LogP contribution in [0.3, 0.4) is 0 Å². The summed E-state index contributed by atoms with van der Waals surface area (Å²) in [5.74, 6) is -2.32. The first kappa shape index (κ1) is 20.4. The van der Waals surface area contributed by atoms with Crippen LogP contribution in [0.4, 0.5) is 0 Å². The molecule has 1 fully saturated rings. The highest BCUT2D eigenvalue weighted by Crippen LogP contribution is 2.29. The molecule has 0 saturated carbocycles. The van der Waals surface area contributed by atoms with Gasteiger partial charge in [-0.2, -0.15) is 0 Å². The van der Waals surface area contributed by atoms with Crippen molar-refractivity contribution < 1.29 is 24.2 Å². The number of aliphatic carboxylic acids is 1. The maximum atomic E-state index is 10.8. The van der Waals surface area contributed by atoms with Gasteiger partial charge in [-0.3, -0.25) is 0 Å². The molecule has 1 heterocycles. The summed E-state index contributed by atoms with van der Waals surface area (Å²) in [6.45, 7) is 3.32. The standard InChI is InChI=1S/C18H35NO4/c1-4-5-6-7-8-9-10-11-12-18(22)15-19(2,3)14-16(23-18)13-17(20)21/h16,22H,4-15H2,1-3H3/t16-,18+/m1/s1. The zero-order valence-corrected chi connectivity index (χ0v) is 15.2. The molecule has 0 aromatic rings. The number of hydrogen-bond donors (Lipinski definition) is 1. The summed E-state index contributed by atoms with van der Waals surface area (Å²) in [5.41, 5.74) is 0. The molecule has 1 N–H and O–H groups in total. The minimum Gasteiger partial charge on any atom is -0.550 e. The molecule has 2 atom stereocenters. The van der Waals surface area contributed by atoms with Gasteiger partial charge in [-0.25, -0.2) is 0 Å². The number of morpholine rings is 1. The molecule has 1 rings (SSSR count). The number of carbonyl (C=O) groups is 1. The third-order valence-electron chi connectivity index (χ3n) is 4.57. The Kier molecular flexibility index (Phi) is 8.51. The van der Waals surface area contributed by atoms with E-state index in [9.17, 15) is 15.0 Å². The van der Waals surface area contributed by atoms with E-state index >= 15 is 0 Å². The number of carboxylic acid groups (broad SMARTS) is 1. The van der Waals surface area contributed by atoms with Gasteiger partial charge in [0.2, 0.25) is 5.79 Å². The minimum atomic E-state index is -1.20. The normalized spacial score (nSPS) is 27.0. The van der Waals surface area contributed by atoms with E-state index in [0.717, 1.165) is 12.8 Å². The summed E-state index contributed by atoms with van der Waals surface area (Å²) in [6, 6.07) is 0. The molecule has 0 spiro atoms. The van der Waals surface area contributed by atoms with Crippen molar-refractivity contribution >= 4 is 5.97 Å². The molecule has 0 radical (unpaired) electrons. The molecule has 23 heavy (non-hydrogen) atoms. The second-order valence-electron chi connectivity index (χ2n) is 7.76. The topological polar surface area (TPSA) is 69.6 Å². The molecule has 1 aliphatic heterocycles. The highest BCUT2D eigenvalue weighted by molar-refractivity contribution is 5.64. The van der Waals surface area contributed by atoms with Crippen molar-refractivity contribution in [3.8, 4) is 0 Å². The first-order valence-electron chi connectivity index (χ1n) is 9.18. The Morgan fingerprint density at radius 2 is 1.74 bits per heavy atom. The van der Waals surface area contributed by atoms with Crippen LogP contribution in [-0.2, 0) is 9.53 Å². The van der Waals surface area contributed by atoms with E-state index in [2.05, 4.69) is 6.92 Å². The molecule has 1 saturated heterocycles. The number of aliphatic hydroxyl groups is 1. The lowest BCUT2D eigenvalue weighted by atomic mass is 10.0. The number of carbonyl (C=O) groups excluding carboxylic acids is 1. The Labute approximate surface area is 141 Å². The Balaban J connectivity index is 2.31. The molecule has 0 unspecified atom stereocenters. The van der Waals surface area contributed by atoms with Crippen molar-refractivity contribution in [2.45, 2.75) is 83.0 Å². The van der Waals surface area contributed by atoms with Crippen LogP contribution in [0.1, 0.15) is 71.1 Å². The van der Waals surface area contributed by atoms with E-state index in [1.54, 1.807) is 0 Å². The minimum absolute atomic E-state index is 0.151. The number of quaternary nitrogens is 1. The predicted molar refractivity (Wildman–Crippen MR) is 88.5 cm³/mol. The lowest BCUT2D eigenvalue weighted by Gasteiger charge is -2.46. The SMILES string of the molecule is CCCCCCCCCC[C@@]1(O)C[N+](C)(C)C[C@@H](CC(=O)[O-])O1. The first-order chi connectivity index (χ1) is 10.8. The van der Waals surface area contributed by atoms with Gasteiger partial charge in [0.15, 0.2) is 0 Å². The smallest absolute Gasteiger partial charge is 0.216 e. The number of carboxylic acids is 1. The molecular weight excluding hydrogens is 294 g/mol. The number of ether oxygens (including phenoxy) is 1. The van der Waals surface area contributed by atoms with Crippen LogP contribution in [0, 0.1) is 0 Å².